The summed E-state index contributed by atoms with van der Waals surface area (Å²) in [6, 6.07) is 4.84. The number of amides is 2. The molecule has 190 valence electrons. The van der Waals surface area contributed by atoms with Crippen molar-refractivity contribution < 1.29 is 32.3 Å². The standard InChI is InChI=1S/C23H33F3N4O4/c1-4-34-22(33)16-29(13-17(2)3)15-21(32)30-11-9-28(10-12-30)14-20(31)27-19-8-6-5-7-18(19)23(24,25)26/h5-8,17H,4,9-16H2,1-3H3,(H,27,31). The molecule has 0 spiro atoms. The first-order valence-electron chi connectivity index (χ1n) is 11.3. The van der Waals surface area contributed by atoms with Gasteiger partial charge in [-0.3, -0.25) is 24.2 Å². The highest BCUT2D eigenvalue weighted by molar-refractivity contribution is 5.93. The van der Waals surface area contributed by atoms with Crippen LogP contribution in [-0.2, 0) is 25.3 Å². The number of ether oxygens (including phenoxy) is 1. The van der Waals surface area contributed by atoms with E-state index >= 15 is 0 Å². The Labute approximate surface area is 198 Å². The number of anilines is 1. The highest BCUT2D eigenvalue weighted by Crippen LogP contribution is 2.34. The Morgan fingerprint density at radius 1 is 1.09 bits per heavy atom. The second kappa shape index (κ2) is 12.7. The molecule has 0 aromatic heterocycles. The van der Waals surface area contributed by atoms with Gasteiger partial charge in [0.25, 0.3) is 0 Å². The lowest BCUT2D eigenvalue weighted by molar-refractivity contribution is -0.145. The topological polar surface area (TPSA) is 82.2 Å². The zero-order chi connectivity index (χ0) is 25.3. The SMILES string of the molecule is CCOC(=O)CN(CC(=O)N1CCN(CC(=O)Nc2ccccc2C(F)(F)F)CC1)CC(C)C. The second-order valence-corrected chi connectivity index (χ2v) is 8.62. The van der Waals surface area contributed by atoms with E-state index in [0.29, 0.717) is 32.7 Å². The maximum Gasteiger partial charge on any atom is 0.418 e. The minimum absolute atomic E-state index is 0.0390. The number of halogens is 3. The molecule has 1 aliphatic rings. The Morgan fingerprint density at radius 3 is 2.32 bits per heavy atom. The third-order valence-electron chi connectivity index (χ3n) is 5.24. The van der Waals surface area contributed by atoms with Crippen LogP contribution in [0.15, 0.2) is 24.3 Å². The Kier molecular flexibility index (Phi) is 10.3. The molecule has 2 amide bonds. The van der Waals surface area contributed by atoms with E-state index in [2.05, 4.69) is 5.32 Å². The number of benzene rings is 1. The number of carbonyl (C=O) groups is 3. The molecule has 0 bridgehead atoms. The zero-order valence-corrected chi connectivity index (χ0v) is 19.9. The van der Waals surface area contributed by atoms with Gasteiger partial charge in [-0.25, -0.2) is 0 Å². The van der Waals surface area contributed by atoms with Crippen LogP contribution in [0.1, 0.15) is 26.3 Å². The number of hydrogen-bond acceptors (Lipinski definition) is 6. The van der Waals surface area contributed by atoms with Gasteiger partial charge in [-0.05, 0) is 25.0 Å². The van der Waals surface area contributed by atoms with E-state index in [-0.39, 0.29) is 49.7 Å². The molecular weight excluding hydrogens is 453 g/mol. The van der Waals surface area contributed by atoms with Gasteiger partial charge in [0, 0.05) is 32.7 Å². The number of alkyl halides is 3. The summed E-state index contributed by atoms with van der Waals surface area (Å²) in [4.78, 5) is 42.2. The van der Waals surface area contributed by atoms with Crippen LogP contribution in [0.25, 0.3) is 0 Å². The molecule has 1 fully saturated rings. The van der Waals surface area contributed by atoms with E-state index in [9.17, 15) is 27.6 Å². The smallest absolute Gasteiger partial charge is 0.418 e. The molecule has 34 heavy (non-hydrogen) atoms. The molecule has 0 radical (unpaired) electrons. The lowest BCUT2D eigenvalue weighted by Crippen LogP contribution is -2.53. The van der Waals surface area contributed by atoms with Gasteiger partial charge in [-0.15, -0.1) is 0 Å². The lowest BCUT2D eigenvalue weighted by atomic mass is 10.1. The normalized spacial score (nSPS) is 15.0. The molecule has 1 aliphatic heterocycles. The van der Waals surface area contributed by atoms with Crippen molar-refractivity contribution in [2.75, 3.05) is 64.3 Å². The first-order chi connectivity index (χ1) is 16.0. The number of carbonyl (C=O) groups excluding carboxylic acids is 3. The van der Waals surface area contributed by atoms with Crippen LogP contribution in [0.5, 0.6) is 0 Å². The number of hydrogen-bond donors (Lipinski definition) is 1. The average Bonchev–Trinajstić information content (AvgIpc) is 2.73. The van der Waals surface area contributed by atoms with Crippen LogP contribution in [0.3, 0.4) is 0 Å². The summed E-state index contributed by atoms with van der Waals surface area (Å²) >= 11 is 0. The van der Waals surface area contributed by atoms with Crippen molar-refractivity contribution in [3.05, 3.63) is 29.8 Å². The van der Waals surface area contributed by atoms with Gasteiger partial charge in [-0.1, -0.05) is 26.0 Å². The zero-order valence-electron chi connectivity index (χ0n) is 19.9. The monoisotopic (exact) mass is 486 g/mol. The van der Waals surface area contributed by atoms with Crippen LogP contribution < -0.4 is 5.32 Å². The van der Waals surface area contributed by atoms with Crippen LogP contribution >= 0.6 is 0 Å². The summed E-state index contributed by atoms with van der Waals surface area (Å²) < 4.78 is 44.3. The van der Waals surface area contributed by atoms with Gasteiger partial charge in [0.15, 0.2) is 0 Å². The highest BCUT2D eigenvalue weighted by Gasteiger charge is 2.33. The van der Waals surface area contributed by atoms with Crippen molar-refractivity contribution in [2.45, 2.75) is 26.9 Å². The van der Waals surface area contributed by atoms with Gasteiger partial charge in [0.1, 0.15) is 0 Å². The number of esters is 1. The van der Waals surface area contributed by atoms with Crippen LogP contribution in [-0.4, -0.2) is 91.4 Å². The van der Waals surface area contributed by atoms with Crippen molar-refractivity contribution in [1.29, 1.82) is 0 Å². The molecule has 8 nitrogen and oxygen atoms in total. The van der Waals surface area contributed by atoms with E-state index in [1.165, 1.54) is 18.2 Å². The number of nitrogens with zero attached hydrogens (tertiary/aromatic N) is 3. The maximum atomic E-state index is 13.1. The number of nitrogens with one attached hydrogen (secondary N) is 1. The molecule has 1 aromatic carbocycles. The predicted octanol–water partition coefficient (Wildman–Crippen LogP) is 2.31. The Hall–Kier alpha value is -2.66. The lowest BCUT2D eigenvalue weighted by Gasteiger charge is -2.35. The minimum Gasteiger partial charge on any atom is -0.465 e. The summed E-state index contributed by atoms with van der Waals surface area (Å²) in [5, 5.41) is 2.34. The summed E-state index contributed by atoms with van der Waals surface area (Å²) in [5.41, 5.74) is -1.17. The average molecular weight is 487 g/mol. The van der Waals surface area contributed by atoms with Crippen LogP contribution in [0, 0.1) is 5.92 Å². The van der Waals surface area contributed by atoms with Gasteiger partial charge in [0.05, 0.1) is 37.5 Å². The Morgan fingerprint density at radius 2 is 1.74 bits per heavy atom. The van der Waals surface area contributed by atoms with E-state index in [1.807, 2.05) is 13.8 Å². The Bertz CT molecular complexity index is 840. The first-order valence-corrected chi connectivity index (χ1v) is 11.3. The molecule has 2 rings (SSSR count). The third kappa shape index (κ3) is 8.94. The number of piperazine rings is 1. The highest BCUT2D eigenvalue weighted by atomic mass is 19.4. The number of para-hydroxylation sites is 1. The number of rotatable bonds is 10. The van der Waals surface area contributed by atoms with E-state index in [0.717, 1.165) is 6.07 Å². The molecule has 0 atom stereocenters. The van der Waals surface area contributed by atoms with Crippen molar-refractivity contribution >= 4 is 23.5 Å². The molecule has 1 N–H and O–H groups in total. The summed E-state index contributed by atoms with van der Waals surface area (Å²) in [6.07, 6.45) is -4.56. The van der Waals surface area contributed by atoms with E-state index in [4.69, 9.17) is 4.74 Å². The molecule has 0 unspecified atom stereocenters. The van der Waals surface area contributed by atoms with Gasteiger partial charge >= 0.3 is 12.1 Å². The van der Waals surface area contributed by atoms with E-state index in [1.54, 1.807) is 21.6 Å². The first kappa shape index (κ1) is 27.6. The van der Waals surface area contributed by atoms with Crippen molar-refractivity contribution in [1.82, 2.24) is 14.7 Å². The molecule has 1 heterocycles. The van der Waals surface area contributed by atoms with Gasteiger partial charge in [0.2, 0.25) is 11.8 Å². The van der Waals surface area contributed by atoms with Gasteiger partial charge in [-0.2, -0.15) is 13.2 Å². The summed E-state index contributed by atoms with van der Waals surface area (Å²) in [6.45, 7) is 8.25. The van der Waals surface area contributed by atoms with Crippen molar-refractivity contribution in [3.63, 3.8) is 0 Å². The molecular formula is C23H33F3N4O4. The second-order valence-electron chi connectivity index (χ2n) is 8.62. The minimum atomic E-state index is -4.56. The maximum absolute atomic E-state index is 13.1. The molecule has 1 aromatic rings. The fourth-order valence-electron chi connectivity index (χ4n) is 3.77. The predicted molar refractivity (Wildman–Crippen MR) is 121 cm³/mol. The fraction of sp³-hybridized carbons (Fsp3) is 0.609. The third-order valence-corrected chi connectivity index (χ3v) is 5.24. The summed E-state index contributed by atoms with van der Waals surface area (Å²) in [5.74, 6) is -0.777. The van der Waals surface area contributed by atoms with Crippen LogP contribution in [0.2, 0.25) is 0 Å². The quantitative estimate of drug-likeness (QED) is 0.512. The molecule has 11 heteroatoms. The Balaban J connectivity index is 1.84. The molecule has 0 aliphatic carbocycles. The molecule has 0 saturated carbocycles. The van der Waals surface area contributed by atoms with Crippen molar-refractivity contribution in [2.24, 2.45) is 5.92 Å². The van der Waals surface area contributed by atoms with E-state index < -0.39 is 17.6 Å². The summed E-state index contributed by atoms with van der Waals surface area (Å²) in [7, 11) is 0. The van der Waals surface area contributed by atoms with Gasteiger partial charge < -0.3 is 15.0 Å². The fourth-order valence-corrected chi connectivity index (χ4v) is 3.77. The van der Waals surface area contributed by atoms with Crippen LogP contribution in [0.4, 0.5) is 18.9 Å². The molecule has 1 saturated heterocycles. The van der Waals surface area contributed by atoms with Crippen molar-refractivity contribution in [3.8, 4) is 0 Å². The largest absolute Gasteiger partial charge is 0.465 e.